The molecule has 0 spiro atoms. The molecule has 0 saturated heterocycles. The second-order valence-corrected chi connectivity index (χ2v) is 4.41. The van der Waals surface area contributed by atoms with Crippen LogP contribution in [0.5, 0.6) is 11.5 Å². The maximum Gasteiger partial charge on any atom is 0.165 e. The maximum absolute atomic E-state index is 12.0. The molecule has 0 aromatic heterocycles. The highest BCUT2D eigenvalue weighted by Gasteiger charge is 2.30. The first kappa shape index (κ1) is 11.1. The third-order valence-corrected chi connectivity index (χ3v) is 3.30. The summed E-state index contributed by atoms with van der Waals surface area (Å²) in [5, 5.41) is 0. The fraction of sp³-hybridized carbons (Fsp3) is 0.267. The van der Waals surface area contributed by atoms with Crippen LogP contribution >= 0.6 is 0 Å². The second kappa shape index (κ2) is 4.33. The third kappa shape index (κ3) is 1.63. The van der Waals surface area contributed by atoms with Gasteiger partial charge in [-0.25, -0.2) is 0 Å². The van der Waals surface area contributed by atoms with E-state index in [1.807, 2.05) is 18.2 Å². The zero-order chi connectivity index (χ0) is 12.5. The lowest BCUT2D eigenvalue weighted by molar-refractivity contribution is -0.116. The van der Waals surface area contributed by atoms with E-state index in [9.17, 15) is 4.79 Å². The Kier molecular flexibility index (Phi) is 2.67. The zero-order valence-electron chi connectivity index (χ0n) is 10.0. The lowest BCUT2D eigenvalue weighted by Crippen LogP contribution is -2.21. The summed E-state index contributed by atoms with van der Waals surface area (Å²) in [6.07, 6.45) is 5.87. The van der Waals surface area contributed by atoms with E-state index < -0.39 is 0 Å². The first-order chi connectivity index (χ1) is 8.81. The molecule has 0 amide bonds. The summed E-state index contributed by atoms with van der Waals surface area (Å²) in [7, 11) is 0. The Labute approximate surface area is 106 Å². The SMILES string of the molecule is C=CCC1C(=O)C=Cc2ccc3c(c21)OCCO3. The summed E-state index contributed by atoms with van der Waals surface area (Å²) in [6.45, 7) is 4.81. The number of benzene rings is 1. The molecule has 0 radical (unpaired) electrons. The molecule has 0 fully saturated rings. The molecule has 2 aliphatic rings. The Bertz CT molecular complexity index is 543. The fourth-order valence-electron chi connectivity index (χ4n) is 2.49. The van der Waals surface area contributed by atoms with Crippen molar-refractivity contribution in [3.63, 3.8) is 0 Å². The van der Waals surface area contributed by atoms with Gasteiger partial charge in [-0.15, -0.1) is 6.58 Å². The van der Waals surface area contributed by atoms with Gasteiger partial charge in [0.2, 0.25) is 0 Å². The van der Waals surface area contributed by atoms with E-state index in [4.69, 9.17) is 9.47 Å². The molecule has 92 valence electrons. The topological polar surface area (TPSA) is 35.5 Å². The van der Waals surface area contributed by atoms with Crippen molar-refractivity contribution in [3.8, 4) is 11.5 Å². The highest BCUT2D eigenvalue weighted by Crippen LogP contribution is 2.43. The number of carbonyl (C=O) groups is 1. The van der Waals surface area contributed by atoms with Crippen LogP contribution in [0.4, 0.5) is 0 Å². The predicted molar refractivity (Wildman–Crippen MR) is 69.0 cm³/mol. The van der Waals surface area contributed by atoms with Crippen molar-refractivity contribution in [2.75, 3.05) is 13.2 Å². The largest absolute Gasteiger partial charge is 0.486 e. The molecule has 0 bridgehead atoms. The summed E-state index contributed by atoms with van der Waals surface area (Å²) < 4.78 is 11.3. The first-order valence-electron chi connectivity index (χ1n) is 6.06. The van der Waals surface area contributed by atoms with Crippen LogP contribution in [0, 0.1) is 0 Å². The van der Waals surface area contributed by atoms with E-state index in [0.29, 0.717) is 19.6 Å². The van der Waals surface area contributed by atoms with Gasteiger partial charge in [-0.3, -0.25) is 4.79 Å². The molecule has 1 aliphatic carbocycles. The van der Waals surface area contributed by atoms with Gasteiger partial charge in [0, 0.05) is 5.56 Å². The molecule has 3 rings (SSSR count). The molecule has 1 aliphatic heterocycles. The standard InChI is InChI=1S/C15H14O3/c1-2-3-11-12(16)6-4-10-5-7-13-15(14(10)11)18-9-8-17-13/h2,4-7,11H,1,3,8-9H2. The van der Waals surface area contributed by atoms with Crippen LogP contribution in [0.2, 0.25) is 0 Å². The number of fused-ring (bicyclic) bond motifs is 3. The number of hydrogen-bond donors (Lipinski definition) is 0. The van der Waals surface area contributed by atoms with Crippen molar-refractivity contribution in [2.45, 2.75) is 12.3 Å². The maximum atomic E-state index is 12.0. The minimum Gasteiger partial charge on any atom is -0.486 e. The third-order valence-electron chi connectivity index (χ3n) is 3.30. The summed E-state index contributed by atoms with van der Waals surface area (Å²) in [5.41, 5.74) is 1.98. The van der Waals surface area contributed by atoms with Crippen LogP contribution in [0.3, 0.4) is 0 Å². The molecular weight excluding hydrogens is 228 g/mol. The zero-order valence-corrected chi connectivity index (χ0v) is 10.0. The highest BCUT2D eigenvalue weighted by atomic mass is 16.6. The van der Waals surface area contributed by atoms with Crippen LogP contribution in [0.1, 0.15) is 23.5 Å². The Balaban J connectivity index is 2.17. The first-order valence-corrected chi connectivity index (χ1v) is 6.06. The van der Waals surface area contributed by atoms with Gasteiger partial charge in [0.25, 0.3) is 0 Å². The fourth-order valence-corrected chi connectivity index (χ4v) is 2.49. The molecule has 1 atom stereocenters. The van der Waals surface area contributed by atoms with Crippen molar-refractivity contribution in [1.82, 2.24) is 0 Å². The summed E-state index contributed by atoms with van der Waals surface area (Å²) in [5.74, 6) is 1.37. The van der Waals surface area contributed by atoms with Crippen LogP contribution < -0.4 is 9.47 Å². The molecule has 0 saturated carbocycles. The number of ether oxygens (including phenoxy) is 2. The van der Waals surface area contributed by atoms with E-state index in [0.717, 1.165) is 22.6 Å². The second-order valence-electron chi connectivity index (χ2n) is 4.41. The number of carbonyl (C=O) groups excluding carboxylic acids is 1. The van der Waals surface area contributed by atoms with E-state index in [2.05, 4.69) is 6.58 Å². The minimum absolute atomic E-state index is 0.102. The molecule has 3 nitrogen and oxygen atoms in total. The van der Waals surface area contributed by atoms with Crippen molar-refractivity contribution in [1.29, 1.82) is 0 Å². The molecule has 18 heavy (non-hydrogen) atoms. The summed E-state index contributed by atoms with van der Waals surface area (Å²) >= 11 is 0. The van der Waals surface area contributed by atoms with Crippen LogP contribution in [0.25, 0.3) is 6.08 Å². The Hall–Kier alpha value is -2.03. The molecule has 1 heterocycles. The van der Waals surface area contributed by atoms with Gasteiger partial charge in [0.05, 0.1) is 5.92 Å². The highest BCUT2D eigenvalue weighted by molar-refractivity contribution is 6.02. The molecule has 3 heteroatoms. The quantitative estimate of drug-likeness (QED) is 0.748. The molecule has 0 N–H and O–H groups in total. The number of hydrogen-bond acceptors (Lipinski definition) is 3. The van der Waals surface area contributed by atoms with Gasteiger partial charge < -0.3 is 9.47 Å². The number of allylic oxidation sites excluding steroid dienone is 2. The van der Waals surface area contributed by atoms with Gasteiger partial charge in [-0.1, -0.05) is 18.2 Å². The lowest BCUT2D eigenvalue weighted by atomic mass is 9.83. The van der Waals surface area contributed by atoms with Crippen molar-refractivity contribution in [2.24, 2.45) is 0 Å². The smallest absolute Gasteiger partial charge is 0.165 e. The van der Waals surface area contributed by atoms with Gasteiger partial charge in [-0.2, -0.15) is 0 Å². The van der Waals surface area contributed by atoms with Gasteiger partial charge in [-0.05, 0) is 24.1 Å². The number of ketones is 1. The van der Waals surface area contributed by atoms with Gasteiger partial charge in [0.15, 0.2) is 17.3 Å². The van der Waals surface area contributed by atoms with E-state index >= 15 is 0 Å². The average molecular weight is 242 g/mol. The van der Waals surface area contributed by atoms with Crippen molar-refractivity contribution >= 4 is 11.9 Å². The van der Waals surface area contributed by atoms with Crippen LogP contribution in [-0.4, -0.2) is 19.0 Å². The van der Waals surface area contributed by atoms with E-state index in [1.165, 1.54) is 0 Å². The van der Waals surface area contributed by atoms with E-state index in [-0.39, 0.29) is 11.7 Å². The molecule has 1 unspecified atom stereocenters. The van der Waals surface area contributed by atoms with Crippen LogP contribution in [-0.2, 0) is 4.79 Å². The average Bonchev–Trinajstić information content (AvgIpc) is 2.41. The number of rotatable bonds is 2. The minimum atomic E-state index is -0.195. The van der Waals surface area contributed by atoms with Gasteiger partial charge in [0.1, 0.15) is 13.2 Å². The van der Waals surface area contributed by atoms with E-state index in [1.54, 1.807) is 12.2 Å². The molecule has 1 aromatic carbocycles. The monoisotopic (exact) mass is 242 g/mol. The molecular formula is C15H14O3. The predicted octanol–water partition coefficient (Wildman–Crippen LogP) is 2.71. The normalized spacial score (nSPS) is 20.4. The lowest BCUT2D eigenvalue weighted by Gasteiger charge is -2.27. The Morgan fingerprint density at radius 3 is 2.94 bits per heavy atom. The van der Waals surface area contributed by atoms with Crippen molar-refractivity contribution in [3.05, 3.63) is 42.0 Å². The summed E-state index contributed by atoms with van der Waals surface area (Å²) in [4.78, 5) is 12.0. The molecule has 1 aromatic rings. The van der Waals surface area contributed by atoms with Crippen LogP contribution in [0.15, 0.2) is 30.9 Å². The van der Waals surface area contributed by atoms with Gasteiger partial charge >= 0.3 is 0 Å². The van der Waals surface area contributed by atoms with Crippen molar-refractivity contribution < 1.29 is 14.3 Å². The Morgan fingerprint density at radius 1 is 1.28 bits per heavy atom. The summed E-state index contributed by atoms with van der Waals surface area (Å²) in [6, 6.07) is 3.88. The Morgan fingerprint density at radius 2 is 2.11 bits per heavy atom.